The summed E-state index contributed by atoms with van der Waals surface area (Å²) in [4.78, 5) is 19.3. The van der Waals surface area contributed by atoms with Crippen LogP contribution in [0.1, 0.15) is 74.9 Å². The fourth-order valence-corrected chi connectivity index (χ4v) is 19.4. The Morgan fingerprint density at radius 1 is 0.268 bits per heavy atom. The second-order valence-corrected chi connectivity index (χ2v) is 31.7. The predicted octanol–water partition coefficient (Wildman–Crippen LogP) is 28.2. The summed E-state index contributed by atoms with van der Waals surface area (Å²) in [6.45, 7) is 14.0. The van der Waals surface area contributed by atoms with Crippen LogP contribution in [0.2, 0.25) is 0 Å². The molecule has 0 amide bonds. The van der Waals surface area contributed by atoms with Crippen molar-refractivity contribution in [2.24, 2.45) is 0 Å². The first-order chi connectivity index (χ1) is 54.8. The molecule has 0 fully saturated rings. The molecule has 15 aromatic carbocycles. The van der Waals surface area contributed by atoms with E-state index >= 15 is 0 Å². The SMILES string of the molecule is CC1(C)c2ccccc2-c2c(-c3ccc(-c4ccccn4)cc3)cc3oc4ccccc4c3c21.CC1(C)c2ccccc2-c2ccc3oc4c(-c5ccc(-c6ncc7ccccc7n6)c6ccccc56)cccc4c3c21.CC1(C)c2ccccc2-c2ccc3oc4c(-c5nc6ccccc6c6ccccc56)cccc4c3c21. The van der Waals surface area contributed by atoms with Crippen LogP contribution in [0.5, 0.6) is 0 Å². The first kappa shape index (κ1) is 65.2. The number of rotatable bonds is 5. The molecule has 0 saturated carbocycles. The first-order valence-corrected chi connectivity index (χ1v) is 38.6. The van der Waals surface area contributed by atoms with Crippen LogP contribution in [0.3, 0.4) is 0 Å². The summed E-state index contributed by atoms with van der Waals surface area (Å²) in [5.74, 6) is 0.732. The first-order valence-electron chi connectivity index (χ1n) is 38.6. The summed E-state index contributed by atoms with van der Waals surface area (Å²) in [6, 6.07) is 112. The highest BCUT2D eigenvalue weighted by molar-refractivity contribution is 6.20. The maximum Gasteiger partial charge on any atom is 0.160 e. The molecule has 530 valence electrons. The summed E-state index contributed by atoms with van der Waals surface area (Å²) in [7, 11) is 0. The van der Waals surface area contributed by atoms with Gasteiger partial charge in [0.25, 0.3) is 0 Å². The minimum absolute atomic E-state index is 0.105. The van der Waals surface area contributed by atoms with Crippen molar-refractivity contribution in [1.82, 2.24) is 19.9 Å². The summed E-state index contributed by atoms with van der Waals surface area (Å²) >= 11 is 0. The van der Waals surface area contributed by atoms with E-state index in [1.807, 2.05) is 60.9 Å². The Morgan fingerprint density at radius 2 is 0.750 bits per heavy atom. The fourth-order valence-electron chi connectivity index (χ4n) is 19.4. The molecule has 7 nitrogen and oxygen atoms in total. The van der Waals surface area contributed by atoms with Crippen LogP contribution in [0.25, 0.3) is 199 Å². The molecule has 0 aliphatic heterocycles. The number of para-hydroxylation sites is 5. The van der Waals surface area contributed by atoms with Crippen LogP contribution in [0, 0.1) is 0 Å². The van der Waals surface area contributed by atoms with Gasteiger partial charge in [-0.3, -0.25) is 4.98 Å². The molecule has 0 bridgehead atoms. The Bertz CT molecular complexity index is 7540. The number of hydrogen-bond donors (Lipinski definition) is 0. The Labute approximate surface area is 646 Å². The Morgan fingerprint density at radius 3 is 1.42 bits per heavy atom. The molecule has 0 atom stereocenters. The minimum atomic E-state index is -0.124. The zero-order valence-electron chi connectivity index (χ0n) is 62.7. The Hall–Kier alpha value is -13.9. The van der Waals surface area contributed by atoms with Gasteiger partial charge in [-0.2, -0.15) is 0 Å². The van der Waals surface area contributed by atoms with E-state index in [0.717, 1.165) is 122 Å². The molecule has 0 saturated heterocycles. The van der Waals surface area contributed by atoms with Gasteiger partial charge in [-0.1, -0.05) is 296 Å². The molecular formula is C105H72N4O3. The number of furan rings is 3. The smallest absolute Gasteiger partial charge is 0.160 e. The number of nitrogens with zero attached hydrogens (tertiary/aromatic N) is 4. The highest BCUT2D eigenvalue weighted by Gasteiger charge is 2.42. The lowest BCUT2D eigenvalue weighted by Crippen LogP contribution is -2.15. The molecular weight excluding hydrogens is 1370 g/mol. The van der Waals surface area contributed by atoms with Gasteiger partial charge in [-0.25, -0.2) is 15.0 Å². The molecule has 0 unspecified atom stereocenters. The maximum absolute atomic E-state index is 6.74. The molecule has 6 heterocycles. The summed E-state index contributed by atoms with van der Waals surface area (Å²) in [5.41, 5.74) is 33.0. The number of pyridine rings is 2. The van der Waals surface area contributed by atoms with Crippen LogP contribution in [-0.2, 0) is 16.2 Å². The average molecular weight is 1440 g/mol. The second kappa shape index (κ2) is 24.6. The van der Waals surface area contributed by atoms with Crippen molar-refractivity contribution in [3.63, 3.8) is 0 Å². The van der Waals surface area contributed by atoms with Gasteiger partial charge in [0.1, 0.15) is 33.5 Å². The average Bonchev–Trinajstić information content (AvgIpc) is 1.55. The van der Waals surface area contributed by atoms with Gasteiger partial charge < -0.3 is 13.3 Å². The molecule has 7 heteroatoms. The fraction of sp³-hybridized carbons (Fsp3) is 0.0857. The van der Waals surface area contributed by atoms with Crippen molar-refractivity contribution in [2.75, 3.05) is 0 Å². The van der Waals surface area contributed by atoms with Gasteiger partial charge in [-0.05, 0) is 160 Å². The zero-order valence-corrected chi connectivity index (χ0v) is 62.7. The molecule has 0 spiro atoms. The summed E-state index contributed by atoms with van der Waals surface area (Å²) in [5, 5.41) is 14.0. The molecule has 3 aliphatic rings. The van der Waals surface area contributed by atoms with Crippen molar-refractivity contribution < 1.29 is 13.3 Å². The largest absolute Gasteiger partial charge is 0.456 e. The van der Waals surface area contributed by atoms with Crippen molar-refractivity contribution in [3.8, 4) is 89.5 Å². The lowest BCUT2D eigenvalue weighted by Gasteiger charge is -2.23. The van der Waals surface area contributed by atoms with Crippen molar-refractivity contribution in [3.05, 3.63) is 361 Å². The summed E-state index contributed by atoms with van der Waals surface area (Å²) < 4.78 is 19.8. The topological polar surface area (TPSA) is 91.0 Å². The van der Waals surface area contributed by atoms with E-state index in [4.69, 9.17) is 28.2 Å². The molecule has 112 heavy (non-hydrogen) atoms. The van der Waals surface area contributed by atoms with E-state index in [2.05, 4.69) is 313 Å². The van der Waals surface area contributed by atoms with Gasteiger partial charge >= 0.3 is 0 Å². The van der Waals surface area contributed by atoms with Crippen LogP contribution >= 0.6 is 0 Å². The number of benzene rings is 15. The van der Waals surface area contributed by atoms with Crippen molar-refractivity contribution in [2.45, 2.75) is 57.8 Å². The molecule has 6 aromatic heterocycles. The van der Waals surface area contributed by atoms with Crippen molar-refractivity contribution in [1.29, 1.82) is 0 Å². The number of hydrogen-bond acceptors (Lipinski definition) is 7. The van der Waals surface area contributed by atoms with Gasteiger partial charge in [0.05, 0.1) is 22.4 Å². The normalized spacial score (nSPS) is 13.8. The van der Waals surface area contributed by atoms with Crippen molar-refractivity contribution >= 4 is 109 Å². The molecule has 21 aromatic rings. The molecule has 0 radical (unpaired) electrons. The zero-order chi connectivity index (χ0) is 74.9. The Kier molecular flexibility index (Phi) is 14.3. The van der Waals surface area contributed by atoms with Gasteiger partial charge in [-0.15, -0.1) is 0 Å². The third kappa shape index (κ3) is 9.66. The van der Waals surface area contributed by atoms with E-state index in [0.29, 0.717) is 0 Å². The van der Waals surface area contributed by atoms with Gasteiger partial charge in [0, 0.05) is 99.4 Å². The number of fused-ring (bicyclic) bond motifs is 26. The highest BCUT2D eigenvalue weighted by Crippen LogP contribution is 2.59. The van der Waals surface area contributed by atoms with E-state index in [-0.39, 0.29) is 16.2 Å². The van der Waals surface area contributed by atoms with E-state index in [1.54, 1.807) is 0 Å². The maximum atomic E-state index is 6.74. The third-order valence-corrected chi connectivity index (χ3v) is 24.5. The quantitative estimate of drug-likeness (QED) is 0.159. The van der Waals surface area contributed by atoms with Crippen LogP contribution in [-0.4, -0.2) is 19.9 Å². The minimum Gasteiger partial charge on any atom is -0.456 e. The summed E-state index contributed by atoms with van der Waals surface area (Å²) in [6.07, 6.45) is 3.75. The molecule has 24 rings (SSSR count). The predicted molar refractivity (Wildman–Crippen MR) is 462 cm³/mol. The number of aromatic nitrogens is 4. The van der Waals surface area contributed by atoms with E-state index < -0.39 is 0 Å². The lowest BCUT2D eigenvalue weighted by molar-refractivity contribution is 0.657. The van der Waals surface area contributed by atoms with Crippen LogP contribution in [0.15, 0.2) is 341 Å². The standard InChI is InChI=1S/C39H26N2O.C34H23NO.C32H23NO/c1-39(2)32-16-7-6-13-27(32)28-20-21-34-35(36(28)39)31-15-9-14-29(37(31)42-34)26-18-19-30(25-12-5-4-11-24(25)26)38-40-22-23-10-3-8-17-33(23)41-38;1-34(2)27-16-7-5-11-21(27)23-18-19-29-30(31(23)34)25-14-9-15-26(33(25)36-29)32-24-13-4-3-10-20(24)22-12-6-8-17-28(22)35-32;1-32(2)25-11-5-3-9-22(25)29-24(20-14-16-21(17-15-20)26-12-7-8-18-33-26)19-28-30(31(29)32)23-10-4-6-13-27(23)34-28/h3-22H,1-2H3;3-19H,1-2H3;3-19H,1-2H3. The third-order valence-electron chi connectivity index (χ3n) is 24.5. The highest BCUT2D eigenvalue weighted by atomic mass is 16.3. The monoisotopic (exact) mass is 1440 g/mol. The van der Waals surface area contributed by atoms with E-state index in [9.17, 15) is 0 Å². The molecule has 3 aliphatic carbocycles. The lowest BCUT2D eigenvalue weighted by atomic mass is 9.79. The van der Waals surface area contributed by atoms with Crippen LogP contribution in [0.4, 0.5) is 0 Å². The van der Waals surface area contributed by atoms with Gasteiger partial charge in [0.15, 0.2) is 5.82 Å². The molecule has 0 N–H and O–H groups in total. The van der Waals surface area contributed by atoms with E-state index in [1.165, 1.54) is 110 Å². The Balaban J connectivity index is 0.000000104. The van der Waals surface area contributed by atoms with Gasteiger partial charge in [0.2, 0.25) is 0 Å². The van der Waals surface area contributed by atoms with Crippen LogP contribution < -0.4 is 0 Å². The second-order valence-electron chi connectivity index (χ2n) is 31.7.